The summed E-state index contributed by atoms with van der Waals surface area (Å²) in [5.41, 5.74) is 3.30. The van der Waals surface area contributed by atoms with E-state index in [-0.39, 0.29) is 17.1 Å². The number of hydrogen-bond acceptors (Lipinski definition) is 3. The van der Waals surface area contributed by atoms with Gasteiger partial charge in [0.1, 0.15) is 0 Å². The van der Waals surface area contributed by atoms with Crippen LogP contribution in [0.15, 0.2) is 4.79 Å². The van der Waals surface area contributed by atoms with E-state index in [1.165, 1.54) is 5.56 Å². The summed E-state index contributed by atoms with van der Waals surface area (Å²) >= 11 is 0. The van der Waals surface area contributed by atoms with Gasteiger partial charge in [-0.05, 0) is 74.2 Å². The molecule has 5 atom stereocenters. The lowest BCUT2D eigenvalue weighted by Crippen LogP contribution is -2.45. The Labute approximate surface area is 125 Å². The Kier molecular flexibility index (Phi) is 2.84. The van der Waals surface area contributed by atoms with Crippen LogP contribution in [0.5, 0.6) is 0 Å². The van der Waals surface area contributed by atoms with Crippen LogP contribution < -0.4 is 5.56 Å². The predicted octanol–water partition coefficient (Wildman–Crippen LogP) is 2.30. The lowest BCUT2D eigenvalue weighted by molar-refractivity contribution is -0.0229. The molecule has 3 aliphatic carbocycles. The van der Waals surface area contributed by atoms with E-state index in [4.69, 9.17) is 0 Å². The highest BCUT2D eigenvalue weighted by molar-refractivity contribution is 5.35. The minimum absolute atomic E-state index is 0.0208. The maximum Gasteiger partial charge on any atom is 0.267 e. The molecule has 0 bridgehead atoms. The normalized spacial score (nSPS) is 41.3. The number of aliphatic hydroxyl groups is 1. The van der Waals surface area contributed by atoms with Crippen LogP contribution in [-0.2, 0) is 6.42 Å². The van der Waals surface area contributed by atoms with Gasteiger partial charge in [0, 0.05) is 5.56 Å². The maximum atomic E-state index is 12.3. The van der Waals surface area contributed by atoms with Crippen LogP contribution in [0.1, 0.15) is 61.8 Å². The molecule has 2 fully saturated rings. The van der Waals surface area contributed by atoms with Gasteiger partial charge in [0.15, 0.2) is 0 Å². The molecule has 21 heavy (non-hydrogen) atoms. The Hall–Kier alpha value is -1.16. The fourth-order valence-electron chi connectivity index (χ4n) is 5.63. The van der Waals surface area contributed by atoms with E-state index in [2.05, 4.69) is 17.1 Å². The topological polar surface area (TPSA) is 66.0 Å². The summed E-state index contributed by atoms with van der Waals surface area (Å²) in [6, 6.07) is 0. The Bertz CT molecular complexity index is 638. The zero-order valence-corrected chi connectivity index (χ0v) is 12.9. The molecule has 0 amide bonds. The third kappa shape index (κ3) is 1.71. The van der Waals surface area contributed by atoms with Gasteiger partial charge >= 0.3 is 0 Å². The third-order valence-corrected chi connectivity index (χ3v) is 6.82. The van der Waals surface area contributed by atoms with Crippen LogP contribution in [0.2, 0.25) is 0 Å². The molecule has 4 rings (SSSR count). The third-order valence-electron chi connectivity index (χ3n) is 6.82. The number of nitrogens with one attached hydrogen (secondary N) is 1. The number of aromatic amines is 1. The van der Waals surface area contributed by atoms with Gasteiger partial charge in [-0.1, -0.05) is 6.92 Å². The number of hydrogen-bond donors (Lipinski definition) is 2. The van der Waals surface area contributed by atoms with Crippen LogP contribution in [0.3, 0.4) is 0 Å². The van der Waals surface area contributed by atoms with Gasteiger partial charge in [0.25, 0.3) is 5.56 Å². The summed E-state index contributed by atoms with van der Waals surface area (Å²) in [5, 5.41) is 17.2. The highest BCUT2D eigenvalue weighted by Gasteiger charge is 2.54. The van der Waals surface area contributed by atoms with E-state index >= 15 is 0 Å². The first-order valence-corrected chi connectivity index (χ1v) is 8.28. The molecular formula is C17H24N2O2. The average molecular weight is 288 g/mol. The number of aryl methyl sites for hydroxylation is 1. The number of aliphatic hydroxyl groups excluding tert-OH is 1. The van der Waals surface area contributed by atoms with Crippen molar-refractivity contribution in [3.8, 4) is 0 Å². The smallest absolute Gasteiger partial charge is 0.267 e. The van der Waals surface area contributed by atoms with Crippen LogP contribution in [0.4, 0.5) is 0 Å². The van der Waals surface area contributed by atoms with Gasteiger partial charge < -0.3 is 5.11 Å². The summed E-state index contributed by atoms with van der Waals surface area (Å²) in [6.45, 7) is 4.27. The molecule has 4 heteroatoms. The number of fused-ring (bicyclic) bond motifs is 5. The van der Waals surface area contributed by atoms with Gasteiger partial charge in [0.05, 0.1) is 11.8 Å². The first-order valence-electron chi connectivity index (χ1n) is 8.28. The lowest BCUT2D eigenvalue weighted by Gasteiger charge is -2.49. The van der Waals surface area contributed by atoms with Crippen LogP contribution in [0.25, 0.3) is 0 Å². The van der Waals surface area contributed by atoms with Crippen molar-refractivity contribution >= 4 is 0 Å². The van der Waals surface area contributed by atoms with E-state index in [0.29, 0.717) is 17.8 Å². The Morgan fingerprint density at radius 3 is 2.90 bits per heavy atom. The molecule has 0 radical (unpaired) electrons. The number of aromatic nitrogens is 2. The zero-order chi connectivity index (χ0) is 14.8. The van der Waals surface area contributed by atoms with E-state index < -0.39 is 0 Å². The second-order valence-corrected chi connectivity index (χ2v) is 7.58. The van der Waals surface area contributed by atoms with Gasteiger partial charge in [-0.25, -0.2) is 5.10 Å². The standard InChI is InChI=1S/C17H24N2O2/c1-9-10-3-4-11-12(15(10)16(21)19-18-9)7-8-17(2)13(11)5-6-14(17)20/h11-14,20H,3-8H2,1-2H3,(H,19,21)/t11-,12+,13+,14+,17+/m1/s1. The number of nitrogens with zero attached hydrogens (tertiary/aromatic N) is 1. The van der Waals surface area contributed by atoms with Crippen molar-refractivity contribution in [3.05, 3.63) is 27.2 Å². The quantitative estimate of drug-likeness (QED) is 0.770. The predicted molar refractivity (Wildman–Crippen MR) is 80.2 cm³/mol. The molecule has 1 aromatic heterocycles. The van der Waals surface area contributed by atoms with Crippen molar-refractivity contribution in [2.45, 2.75) is 64.4 Å². The summed E-state index contributed by atoms with van der Waals surface area (Å²) in [7, 11) is 0. The molecule has 2 N–H and O–H groups in total. The summed E-state index contributed by atoms with van der Waals surface area (Å²) in [5.74, 6) is 1.52. The largest absolute Gasteiger partial charge is 0.393 e. The van der Waals surface area contributed by atoms with E-state index in [1.54, 1.807) is 0 Å². The molecule has 1 heterocycles. The van der Waals surface area contributed by atoms with Gasteiger partial charge in [0.2, 0.25) is 0 Å². The van der Waals surface area contributed by atoms with Gasteiger partial charge in [-0.15, -0.1) is 0 Å². The molecule has 4 nitrogen and oxygen atoms in total. The number of H-pyrrole nitrogens is 1. The van der Waals surface area contributed by atoms with Crippen molar-refractivity contribution in [1.82, 2.24) is 10.2 Å². The second kappa shape index (κ2) is 4.42. The molecule has 3 aliphatic rings. The Morgan fingerprint density at radius 1 is 1.29 bits per heavy atom. The van der Waals surface area contributed by atoms with Crippen molar-refractivity contribution < 1.29 is 5.11 Å². The van der Waals surface area contributed by atoms with Gasteiger partial charge in [-0.2, -0.15) is 5.10 Å². The molecule has 0 aromatic carbocycles. The zero-order valence-electron chi connectivity index (χ0n) is 12.9. The second-order valence-electron chi connectivity index (χ2n) is 7.58. The molecule has 114 valence electrons. The van der Waals surface area contributed by atoms with Gasteiger partial charge in [-0.3, -0.25) is 4.79 Å². The summed E-state index contributed by atoms with van der Waals surface area (Å²) in [6.07, 6.45) is 6.11. The van der Waals surface area contributed by atoms with Crippen molar-refractivity contribution in [2.24, 2.45) is 17.3 Å². The monoisotopic (exact) mass is 288 g/mol. The molecule has 1 aromatic rings. The first-order chi connectivity index (χ1) is 10.0. The lowest BCUT2D eigenvalue weighted by atomic mass is 9.55. The molecule has 0 saturated heterocycles. The van der Waals surface area contributed by atoms with Crippen molar-refractivity contribution in [3.63, 3.8) is 0 Å². The highest BCUT2D eigenvalue weighted by atomic mass is 16.3. The first kappa shape index (κ1) is 13.5. The molecule has 0 spiro atoms. The minimum atomic E-state index is -0.151. The van der Waals surface area contributed by atoms with E-state index in [9.17, 15) is 9.90 Å². The van der Waals surface area contributed by atoms with Crippen LogP contribution in [-0.4, -0.2) is 21.4 Å². The Morgan fingerprint density at radius 2 is 2.10 bits per heavy atom. The molecule has 0 aliphatic heterocycles. The van der Waals surface area contributed by atoms with Crippen molar-refractivity contribution in [1.29, 1.82) is 0 Å². The van der Waals surface area contributed by atoms with E-state index in [0.717, 1.165) is 49.8 Å². The van der Waals surface area contributed by atoms with Crippen LogP contribution in [0, 0.1) is 24.2 Å². The minimum Gasteiger partial charge on any atom is -0.393 e. The molecule has 2 saturated carbocycles. The number of rotatable bonds is 0. The molecule has 0 unspecified atom stereocenters. The van der Waals surface area contributed by atoms with Crippen molar-refractivity contribution in [2.75, 3.05) is 0 Å². The van der Waals surface area contributed by atoms with E-state index in [1.807, 2.05) is 6.92 Å². The Balaban J connectivity index is 1.79. The average Bonchev–Trinajstić information content (AvgIpc) is 2.78. The summed E-state index contributed by atoms with van der Waals surface area (Å²) in [4.78, 5) is 12.3. The SMILES string of the molecule is Cc1n[nH]c(=O)c2c1CC[C@@H]1[C@@H]2CC[C@]2(C)[C@@H](O)CC[C@@H]12. The fourth-order valence-corrected chi connectivity index (χ4v) is 5.63. The highest BCUT2D eigenvalue weighted by Crippen LogP contribution is 2.60. The maximum absolute atomic E-state index is 12.3. The summed E-state index contributed by atoms with van der Waals surface area (Å²) < 4.78 is 0. The molecular weight excluding hydrogens is 264 g/mol. The fraction of sp³-hybridized carbons (Fsp3) is 0.765. The van der Waals surface area contributed by atoms with Crippen LogP contribution >= 0.6 is 0 Å².